The largest absolute Gasteiger partial charge is 0.396 e. The zero-order chi connectivity index (χ0) is 21.0. The van der Waals surface area contributed by atoms with Crippen molar-refractivity contribution in [1.29, 1.82) is 0 Å². The second-order valence-electron chi connectivity index (χ2n) is 6.87. The molecule has 2 aromatic carbocycles. The van der Waals surface area contributed by atoms with Gasteiger partial charge >= 0.3 is 0 Å². The van der Waals surface area contributed by atoms with E-state index < -0.39 is 9.84 Å². The zero-order valence-electron chi connectivity index (χ0n) is 16.9. The van der Waals surface area contributed by atoms with Crippen LogP contribution in [0, 0.1) is 0 Å². The molecular weight excluding hydrogens is 386 g/mol. The van der Waals surface area contributed by atoms with E-state index >= 15 is 0 Å². The Bertz CT molecular complexity index is 840. The molecule has 0 aliphatic carbocycles. The molecule has 2 rings (SSSR count). The van der Waals surface area contributed by atoms with E-state index in [-0.39, 0.29) is 24.0 Å². The number of sulfone groups is 1. The van der Waals surface area contributed by atoms with Gasteiger partial charge in [-0.3, -0.25) is 4.99 Å². The minimum Gasteiger partial charge on any atom is -0.396 e. The first-order valence-corrected chi connectivity index (χ1v) is 11.8. The van der Waals surface area contributed by atoms with Gasteiger partial charge in [-0.25, -0.2) is 8.42 Å². The lowest BCUT2D eigenvalue weighted by molar-refractivity contribution is 0.268. The van der Waals surface area contributed by atoms with E-state index in [9.17, 15) is 13.5 Å². The highest BCUT2D eigenvalue weighted by atomic mass is 32.2. The number of hydrogen-bond acceptors (Lipinski definition) is 4. The van der Waals surface area contributed by atoms with Crippen LogP contribution in [-0.4, -0.2) is 51.5 Å². The molecular formula is C22H31N3O3S. The Hall–Kier alpha value is -2.38. The van der Waals surface area contributed by atoms with Crippen LogP contribution in [0.2, 0.25) is 0 Å². The SMILES string of the molecule is CCNC(=NCC(CO)c1ccccc1)NCCCS(=O)(=O)Cc1ccccc1. The second kappa shape index (κ2) is 12.2. The van der Waals surface area contributed by atoms with Gasteiger partial charge in [0.1, 0.15) is 0 Å². The Morgan fingerprint density at radius 1 is 1.03 bits per heavy atom. The van der Waals surface area contributed by atoms with Crippen molar-refractivity contribution < 1.29 is 13.5 Å². The van der Waals surface area contributed by atoms with Crippen LogP contribution >= 0.6 is 0 Å². The Labute approximate surface area is 174 Å². The topological polar surface area (TPSA) is 90.8 Å². The number of guanidine groups is 1. The van der Waals surface area contributed by atoms with Crippen molar-refractivity contribution >= 4 is 15.8 Å². The van der Waals surface area contributed by atoms with E-state index in [0.717, 1.165) is 11.1 Å². The monoisotopic (exact) mass is 417 g/mol. The summed E-state index contributed by atoms with van der Waals surface area (Å²) in [6, 6.07) is 19.0. The van der Waals surface area contributed by atoms with Crippen LogP contribution in [0.1, 0.15) is 30.4 Å². The molecule has 7 heteroatoms. The molecule has 0 aliphatic heterocycles. The summed E-state index contributed by atoms with van der Waals surface area (Å²) in [5.74, 6) is 0.745. The zero-order valence-corrected chi connectivity index (χ0v) is 17.7. The number of hydrogen-bond donors (Lipinski definition) is 3. The molecule has 2 aromatic rings. The standard InChI is InChI=1S/C22H31N3O3S/c1-2-23-22(25-16-21(17-26)20-12-7-4-8-13-20)24-14-9-15-29(27,28)18-19-10-5-3-6-11-19/h3-8,10-13,21,26H,2,9,14-18H2,1H3,(H2,23,24,25). The Morgan fingerprint density at radius 3 is 2.31 bits per heavy atom. The first kappa shape index (κ1) is 22.9. The van der Waals surface area contributed by atoms with E-state index in [1.807, 2.05) is 67.6 Å². The molecule has 0 bridgehead atoms. The van der Waals surface area contributed by atoms with Crippen LogP contribution < -0.4 is 10.6 Å². The maximum absolute atomic E-state index is 12.3. The first-order chi connectivity index (χ1) is 14.0. The van der Waals surface area contributed by atoms with Crippen LogP contribution in [0.4, 0.5) is 0 Å². The number of aliphatic hydroxyl groups is 1. The minimum absolute atomic E-state index is 0.0185. The molecule has 1 unspecified atom stereocenters. The lowest BCUT2D eigenvalue weighted by Gasteiger charge is -2.15. The maximum Gasteiger partial charge on any atom is 0.191 e. The number of aliphatic imine (C=N–C) groups is 1. The molecule has 0 amide bonds. The van der Waals surface area contributed by atoms with Gasteiger partial charge in [0.25, 0.3) is 0 Å². The third-order valence-electron chi connectivity index (χ3n) is 4.46. The van der Waals surface area contributed by atoms with Crippen molar-refractivity contribution in [3.8, 4) is 0 Å². The summed E-state index contributed by atoms with van der Waals surface area (Å²) in [6.07, 6.45) is 0.502. The Kier molecular flexibility index (Phi) is 9.67. The van der Waals surface area contributed by atoms with Gasteiger partial charge in [0.2, 0.25) is 0 Å². The molecule has 0 radical (unpaired) electrons. The normalized spacial score (nSPS) is 13.1. The van der Waals surface area contributed by atoms with E-state index in [4.69, 9.17) is 0 Å². The molecule has 158 valence electrons. The highest BCUT2D eigenvalue weighted by molar-refractivity contribution is 7.90. The molecule has 6 nitrogen and oxygen atoms in total. The van der Waals surface area contributed by atoms with Crippen LogP contribution in [-0.2, 0) is 15.6 Å². The van der Waals surface area contributed by atoms with Crippen molar-refractivity contribution in [3.05, 3.63) is 71.8 Å². The first-order valence-electron chi connectivity index (χ1n) is 9.96. The molecule has 0 saturated carbocycles. The Balaban J connectivity index is 1.83. The van der Waals surface area contributed by atoms with Crippen molar-refractivity contribution in [2.75, 3.05) is 32.0 Å². The predicted octanol–water partition coefficient (Wildman–Crippen LogP) is 2.32. The summed E-state index contributed by atoms with van der Waals surface area (Å²) in [5.41, 5.74) is 1.85. The number of benzene rings is 2. The molecule has 0 saturated heterocycles. The number of nitrogens with zero attached hydrogens (tertiary/aromatic N) is 1. The summed E-state index contributed by atoms with van der Waals surface area (Å²) in [5, 5.41) is 16.0. The van der Waals surface area contributed by atoms with Gasteiger partial charge in [0.05, 0.1) is 24.7 Å². The van der Waals surface area contributed by atoms with Crippen molar-refractivity contribution in [3.63, 3.8) is 0 Å². The van der Waals surface area contributed by atoms with E-state index in [0.29, 0.717) is 32.0 Å². The number of rotatable bonds is 11. The lowest BCUT2D eigenvalue weighted by atomic mass is 10.0. The second-order valence-corrected chi connectivity index (χ2v) is 9.05. The van der Waals surface area contributed by atoms with Crippen molar-refractivity contribution in [1.82, 2.24) is 10.6 Å². The third-order valence-corrected chi connectivity index (χ3v) is 6.14. The van der Waals surface area contributed by atoms with Crippen molar-refractivity contribution in [2.24, 2.45) is 4.99 Å². The molecule has 0 fully saturated rings. The van der Waals surface area contributed by atoms with E-state index in [2.05, 4.69) is 15.6 Å². The number of nitrogens with one attached hydrogen (secondary N) is 2. The fourth-order valence-electron chi connectivity index (χ4n) is 2.94. The highest BCUT2D eigenvalue weighted by Crippen LogP contribution is 2.14. The van der Waals surface area contributed by atoms with Gasteiger partial charge in [-0.2, -0.15) is 0 Å². The molecule has 0 aromatic heterocycles. The van der Waals surface area contributed by atoms with Crippen LogP contribution in [0.15, 0.2) is 65.7 Å². The average molecular weight is 418 g/mol. The number of aliphatic hydroxyl groups excluding tert-OH is 1. The average Bonchev–Trinajstić information content (AvgIpc) is 2.72. The van der Waals surface area contributed by atoms with Gasteiger partial charge in [-0.1, -0.05) is 60.7 Å². The van der Waals surface area contributed by atoms with Crippen LogP contribution in [0.25, 0.3) is 0 Å². The molecule has 0 heterocycles. The molecule has 0 aliphatic rings. The summed E-state index contributed by atoms with van der Waals surface area (Å²) >= 11 is 0. The van der Waals surface area contributed by atoms with E-state index in [1.165, 1.54) is 0 Å². The fraction of sp³-hybridized carbons (Fsp3) is 0.409. The quantitative estimate of drug-likeness (QED) is 0.297. The summed E-state index contributed by atoms with van der Waals surface area (Å²) in [7, 11) is -3.14. The van der Waals surface area contributed by atoms with Gasteiger partial charge in [-0.05, 0) is 24.5 Å². The summed E-state index contributed by atoms with van der Waals surface area (Å²) in [4.78, 5) is 4.55. The predicted molar refractivity (Wildman–Crippen MR) is 119 cm³/mol. The molecule has 1 atom stereocenters. The smallest absolute Gasteiger partial charge is 0.191 e. The highest BCUT2D eigenvalue weighted by Gasteiger charge is 2.12. The fourth-order valence-corrected chi connectivity index (χ4v) is 4.37. The summed E-state index contributed by atoms with van der Waals surface area (Å²) in [6.45, 7) is 3.65. The lowest BCUT2D eigenvalue weighted by Crippen LogP contribution is -2.38. The minimum atomic E-state index is -3.14. The van der Waals surface area contributed by atoms with Crippen LogP contribution in [0.3, 0.4) is 0 Å². The third kappa shape index (κ3) is 8.66. The van der Waals surface area contributed by atoms with Gasteiger partial charge < -0.3 is 15.7 Å². The molecule has 29 heavy (non-hydrogen) atoms. The maximum atomic E-state index is 12.3. The van der Waals surface area contributed by atoms with Crippen molar-refractivity contribution in [2.45, 2.75) is 25.0 Å². The molecule has 3 N–H and O–H groups in total. The van der Waals surface area contributed by atoms with Gasteiger partial charge in [0, 0.05) is 19.0 Å². The van der Waals surface area contributed by atoms with Gasteiger partial charge in [0.15, 0.2) is 15.8 Å². The van der Waals surface area contributed by atoms with Crippen LogP contribution in [0.5, 0.6) is 0 Å². The van der Waals surface area contributed by atoms with Gasteiger partial charge in [-0.15, -0.1) is 0 Å². The summed E-state index contributed by atoms with van der Waals surface area (Å²) < 4.78 is 24.6. The Morgan fingerprint density at radius 2 is 1.69 bits per heavy atom. The molecule has 0 spiro atoms. The van der Waals surface area contributed by atoms with E-state index in [1.54, 1.807) is 0 Å².